The zero-order valence-electron chi connectivity index (χ0n) is 10.1. The number of amides is 1. The van der Waals surface area contributed by atoms with Crippen LogP contribution in [0.5, 0.6) is 0 Å². The fourth-order valence-electron chi connectivity index (χ4n) is 1.34. The van der Waals surface area contributed by atoms with Crippen molar-refractivity contribution >= 4 is 15.7 Å². The van der Waals surface area contributed by atoms with Gasteiger partial charge in [-0.1, -0.05) is 0 Å². The third kappa shape index (κ3) is 4.22. The highest BCUT2D eigenvalue weighted by Crippen LogP contribution is 2.05. The summed E-state index contributed by atoms with van der Waals surface area (Å²) in [7, 11) is -3.35. The predicted octanol–water partition coefficient (Wildman–Crippen LogP) is 0.760. The molecule has 1 aromatic rings. The number of carbonyl (C=O) groups is 1. The van der Waals surface area contributed by atoms with Crippen LogP contribution in [-0.4, -0.2) is 31.9 Å². The predicted molar refractivity (Wildman–Crippen MR) is 64.3 cm³/mol. The molecule has 1 heterocycles. The normalized spacial score (nSPS) is 15.2. The summed E-state index contributed by atoms with van der Waals surface area (Å²) in [6.07, 6.45) is 3.15. The van der Waals surface area contributed by atoms with E-state index >= 15 is 0 Å². The number of sulfone groups is 1. The largest absolute Gasteiger partial charge is 0.469 e. The molecule has 6 heteroatoms. The Kier molecular flexibility index (Phi) is 4.34. The molecule has 2 atom stereocenters. The van der Waals surface area contributed by atoms with Crippen LogP contribution in [0.2, 0.25) is 0 Å². The minimum absolute atomic E-state index is 0.169. The van der Waals surface area contributed by atoms with E-state index in [1.165, 1.54) is 6.92 Å². The van der Waals surface area contributed by atoms with Crippen LogP contribution in [0.4, 0.5) is 0 Å². The molecule has 0 aliphatic carbocycles. The standard InChI is InChI=1S/C11H17NO4S/c1-8(7-10-5-4-6-16-10)12-11(13)9(2)17(3,14)15/h4-6,8-9H,7H2,1-3H3,(H,12,13)/t8-,9-/m0/s1. The first-order valence-electron chi connectivity index (χ1n) is 5.32. The van der Waals surface area contributed by atoms with E-state index in [4.69, 9.17) is 4.42 Å². The Morgan fingerprint density at radius 1 is 1.47 bits per heavy atom. The molecule has 0 aliphatic heterocycles. The number of carbonyl (C=O) groups excluding carboxylic acids is 1. The second-order valence-electron chi connectivity index (χ2n) is 4.16. The molecule has 1 aromatic heterocycles. The van der Waals surface area contributed by atoms with Gasteiger partial charge in [-0.2, -0.15) is 0 Å². The van der Waals surface area contributed by atoms with Gasteiger partial charge in [-0.3, -0.25) is 4.79 Å². The Hall–Kier alpha value is -1.30. The summed E-state index contributed by atoms with van der Waals surface area (Å²) < 4.78 is 27.5. The van der Waals surface area contributed by atoms with Crippen LogP contribution in [0.3, 0.4) is 0 Å². The summed E-state index contributed by atoms with van der Waals surface area (Å²) in [6, 6.07) is 3.41. The number of rotatable bonds is 5. The highest BCUT2D eigenvalue weighted by Gasteiger charge is 2.24. The van der Waals surface area contributed by atoms with Gasteiger partial charge in [0.1, 0.15) is 11.0 Å². The van der Waals surface area contributed by atoms with Crippen LogP contribution in [0.25, 0.3) is 0 Å². The van der Waals surface area contributed by atoms with Gasteiger partial charge in [-0.05, 0) is 26.0 Å². The average Bonchev–Trinajstić information content (AvgIpc) is 2.67. The second kappa shape index (κ2) is 5.35. The fourth-order valence-corrected chi connectivity index (χ4v) is 1.79. The van der Waals surface area contributed by atoms with E-state index in [9.17, 15) is 13.2 Å². The lowest BCUT2D eigenvalue weighted by molar-refractivity contribution is -0.121. The van der Waals surface area contributed by atoms with Gasteiger partial charge in [-0.15, -0.1) is 0 Å². The van der Waals surface area contributed by atoms with Crippen molar-refractivity contribution in [3.63, 3.8) is 0 Å². The average molecular weight is 259 g/mol. The molecular weight excluding hydrogens is 242 g/mol. The maximum Gasteiger partial charge on any atom is 0.238 e. The molecule has 0 saturated heterocycles. The van der Waals surface area contributed by atoms with Crippen molar-refractivity contribution in [2.45, 2.75) is 31.6 Å². The van der Waals surface area contributed by atoms with Crippen LogP contribution in [-0.2, 0) is 21.1 Å². The third-order valence-corrected chi connectivity index (χ3v) is 3.99. The first-order chi connectivity index (χ1) is 7.80. The Bertz CT molecular complexity index is 464. The minimum atomic E-state index is -3.35. The minimum Gasteiger partial charge on any atom is -0.469 e. The maximum atomic E-state index is 11.6. The molecule has 0 spiro atoms. The summed E-state index contributed by atoms with van der Waals surface area (Å²) in [4.78, 5) is 11.6. The van der Waals surface area contributed by atoms with Crippen molar-refractivity contribution in [2.75, 3.05) is 6.26 Å². The lowest BCUT2D eigenvalue weighted by Gasteiger charge is -2.15. The van der Waals surface area contributed by atoms with Crippen LogP contribution in [0.15, 0.2) is 22.8 Å². The Labute approximate surface area is 101 Å². The van der Waals surface area contributed by atoms with Gasteiger partial charge in [0, 0.05) is 18.7 Å². The third-order valence-electron chi connectivity index (χ3n) is 2.49. The molecule has 0 fully saturated rings. The van der Waals surface area contributed by atoms with Gasteiger partial charge in [0.25, 0.3) is 0 Å². The Balaban J connectivity index is 2.52. The summed E-state index contributed by atoms with van der Waals surface area (Å²) in [5, 5.41) is 1.62. The highest BCUT2D eigenvalue weighted by atomic mass is 32.2. The summed E-state index contributed by atoms with van der Waals surface area (Å²) in [5.74, 6) is 0.274. The zero-order chi connectivity index (χ0) is 13.1. The van der Waals surface area contributed by atoms with Crippen molar-refractivity contribution in [3.8, 4) is 0 Å². The monoisotopic (exact) mass is 259 g/mol. The van der Waals surface area contributed by atoms with Gasteiger partial charge in [0.05, 0.1) is 6.26 Å². The molecule has 0 radical (unpaired) electrons. The van der Waals surface area contributed by atoms with Crippen molar-refractivity contribution in [1.82, 2.24) is 5.32 Å². The molecule has 5 nitrogen and oxygen atoms in total. The first kappa shape index (κ1) is 13.8. The highest BCUT2D eigenvalue weighted by molar-refractivity contribution is 7.92. The van der Waals surface area contributed by atoms with Crippen LogP contribution < -0.4 is 5.32 Å². The maximum absolute atomic E-state index is 11.6. The van der Waals surface area contributed by atoms with Gasteiger partial charge in [0.15, 0.2) is 9.84 Å². The summed E-state index contributed by atoms with van der Waals surface area (Å²) in [5.41, 5.74) is 0. The van der Waals surface area contributed by atoms with E-state index in [0.717, 1.165) is 12.0 Å². The molecule has 1 rings (SSSR count). The molecule has 0 saturated carbocycles. The summed E-state index contributed by atoms with van der Waals surface area (Å²) in [6.45, 7) is 3.18. The number of nitrogens with one attached hydrogen (secondary N) is 1. The van der Waals surface area contributed by atoms with Gasteiger partial charge in [0.2, 0.25) is 5.91 Å². The first-order valence-corrected chi connectivity index (χ1v) is 7.27. The van der Waals surface area contributed by atoms with Crippen molar-refractivity contribution in [1.29, 1.82) is 0 Å². The van der Waals surface area contributed by atoms with E-state index in [1.807, 2.05) is 6.07 Å². The molecular formula is C11H17NO4S. The van der Waals surface area contributed by atoms with E-state index in [-0.39, 0.29) is 6.04 Å². The van der Waals surface area contributed by atoms with Crippen molar-refractivity contribution in [2.24, 2.45) is 0 Å². The van der Waals surface area contributed by atoms with Crippen molar-refractivity contribution < 1.29 is 17.6 Å². The lowest BCUT2D eigenvalue weighted by atomic mass is 10.2. The van der Waals surface area contributed by atoms with Crippen LogP contribution in [0.1, 0.15) is 19.6 Å². The van der Waals surface area contributed by atoms with Crippen LogP contribution >= 0.6 is 0 Å². The smallest absolute Gasteiger partial charge is 0.238 e. The van der Waals surface area contributed by atoms with E-state index < -0.39 is 21.0 Å². The van der Waals surface area contributed by atoms with E-state index in [0.29, 0.717) is 6.42 Å². The number of hydrogen-bond donors (Lipinski definition) is 1. The lowest BCUT2D eigenvalue weighted by Crippen LogP contribution is -2.42. The van der Waals surface area contributed by atoms with Gasteiger partial charge < -0.3 is 9.73 Å². The zero-order valence-corrected chi connectivity index (χ0v) is 11.0. The topological polar surface area (TPSA) is 76.4 Å². The second-order valence-corrected chi connectivity index (χ2v) is 6.53. The fraction of sp³-hybridized carbons (Fsp3) is 0.545. The molecule has 1 N–H and O–H groups in total. The van der Waals surface area contributed by atoms with Gasteiger partial charge >= 0.3 is 0 Å². The SMILES string of the molecule is C[C@@H](Cc1ccco1)NC(=O)[C@H](C)S(C)(=O)=O. The quantitative estimate of drug-likeness (QED) is 0.847. The van der Waals surface area contributed by atoms with Gasteiger partial charge in [-0.25, -0.2) is 8.42 Å². The number of furan rings is 1. The van der Waals surface area contributed by atoms with Crippen LogP contribution in [0, 0.1) is 0 Å². The Morgan fingerprint density at radius 2 is 2.12 bits per heavy atom. The molecule has 0 bridgehead atoms. The van der Waals surface area contributed by atoms with Crippen molar-refractivity contribution in [3.05, 3.63) is 24.2 Å². The summed E-state index contributed by atoms with van der Waals surface area (Å²) >= 11 is 0. The molecule has 1 amide bonds. The molecule has 0 aliphatic rings. The molecule has 0 unspecified atom stereocenters. The Morgan fingerprint density at radius 3 is 2.59 bits per heavy atom. The molecule has 17 heavy (non-hydrogen) atoms. The molecule has 96 valence electrons. The van der Waals surface area contributed by atoms with E-state index in [1.54, 1.807) is 19.3 Å². The molecule has 0 aromatic carbocycles. The number of hydrogen-bond acceptors (Lipinski definition) is 4. The van der Waals surface area contributed by atoms with E-state index in [2.05, 4.69) is 5.32 Å².